The predicted octanol–water partition coefficient (Wildman–Crippen LogP) is -9.66. The van der Waals surface area contributed by atoms with Gasteiger partial charge in [0.15, 0.2) is 31.3 Å². The zero-order chi connectivity index (χ0) is 34.2. The zero-order valence-corrected chi connectivity index (χ0v) is 23.7. The molecule has 268 valence electrons. The van der Waals surface area contributed by atoms with Crippen LogP contribution < -0.4 is 0 Å². The molecule has 22 heteroatoms. The average molecular weight is 681 g/mol. The lowest BCUT2D eigenvalue weighted by atomic mass is 9.95. The summed E-state index contributed by atoms with van der Waals surface area (Å²) in [5.74, 6) is -1.73. The van der Waals surface area contributed by atoms with Gasteiger partial charge in [-0.2, -0.15) is 0 Å². The van der Waals surface area contributed by atoms with Crippen LogP contribution in [0.5, 0.6) is 0 Å². The average Bonchev–Trinajstić information content (AvgIpc) is 3.03. The quantitative estimate of drug-likeness (QED) is 0.102. The van der Waals surface area contributed by atoms with Crippen LogP contribution in [-0.2, 0) is 38.0 Å². The molecular weight excluding hydrogens is 640 g/mol. The fraction of sp³-hybridized carbons (Fsp3) is 0.958. The van der Waals surface area contributed by atoms with Gasteiger partial charge in [0, 0.05) is 0 Å². The topological polar surface area (TPSA) is 365 Å². The number of ether oxygens (including phenoxy) is 7. The lowest BCUT2D eigenvalue weighted by molar-refractivity contribution is -0.386. The van der Waals surface area contributed by atoms with Gasteiger partial charge < -0.3 is 105 Å². The highest BCUT2D eigenvalue weighted by molar-refractivity contribution is 5.73. The predicted molar refractivity (Wildman–Crippen MR) is 134 cm³/mol. The van der Waals surface area contributed by atoms with E-state index in [-0.39, 0.29) is 0 Å². The SMILES string of the molecule is O=C(O)C1O[C@@H](O[C@@H]2C(CO)O[C@@H](O[C@@H]3C(CO)O[C@H](O[C@H]4C(CO)O[C@H](O)C(O)[C@H]4O)C(O)[C@H]3O)C(O)[C@H]2O)C(O)[C@@H](O)[C@@H]1O. The summed E-state index contributed by atoms with van der Waals surface area (Å²) in [6.07, 6.45) is -37.7. The van der Waals surface area contributed by atoms with Crippen LogP contribution in [0.15, 0.2) is 0 Å². The van der Waals surface area contributed by atoms with Gasteiger partial charge in [0.2, 0.25) is 0 Å². The number of carboxylic acid groups (broad SMARTS) is 1. The van der Waals surface area contributed by atoms with Crippen molar-refractivity contribution < 1.29 is 109 Å². The van der Waals surface area contributed by atoms with Crippen LogP contribution in [0.1, 0.15) is 0 Å². The summed E-state index contributed by atoms with van der Waals surface area (Å²) in [6, 6.07) is 0. The first-order chi connectivity index (χ1) is 21.7. The van der Waals surface area contributed by atoms with Gasteiger partial charge in [0.05, 0.1) is 19.8 Å². The molecule has 4 fully saturated rings. The summed E-state index contributed by atoms with van der Waals surface area (Å²) in [5, 5.41) is 142. The molecule has 0 bridgehead atoms. The molecule has 0 radical (unpaired) electrons. The van der Waals surface area contributed by atoms with Gasteiger partial charge in [-0.05, 0) is 0 Å². The molecule has 20 atom stereocenters. The van der Waals surface area contributed by atoms with Crippen LogP contribution in [0.25, 0.3) is 0 Å². The maximum absolute atomic E-state index is 11.4. The van der Waals surface area contributed by atoms with Crippen molar-refractivity contribution in [2.45, 2.75) is 123 Å². The highest BCUT2D eigenvalue weighted by Crippen LogP contribution is 2.34. The van der Waals surface area contributed by atoms with Gasteiger partial charge in [-0.15, -0.1) is 0 Å². The second kappa shape index (κ2) is 15.5. The van der Waals surface area contributed by atoms with Crippen molar-refractivity contribution in [2.75, 3.05) is 19.8 Å². The molecule has 4 heterocycles. The minimum absolute atomic E-state index is 0.823. The third-order valence-corrected chi connectivity index (χ3v) is 8.17. The number of hydrogen-bond acceptors (Lipinski definition) is 21. The second-order valence-corrected chi connectivity index (χ2v) is 11.2. The molecule has 0 aliphatic carbocycles. The number of aliphatic hydroxyl groups excluding tert-OH is 13. The summed E-state index contributed by atoms with van der Waals surface area (Å²) in [4.78, 5) is 11.4. The molecule has 4 rings (SSSR count). The van der Waals surface area contributed by atoms with E-state index in [1.807, 2.05) is 0 Å². The molecule has 0 saturated carbocycles. The zero-order valence-electron chi connectivity index (χ0n) is 23.7. The molecule has 4 aliphatic heterocycles. The third kappa shape index (κ3) is 7.31. The van der Waals surface area contributed by atoms with Gasteiger partial charge in [-0.1, -0.05) is 0 Å². The first-order valence-electron chi connectivity index (χ1n) is 14.1. The highest BCUT2D eigenvalue weighted by atomic mass is 16.8. The lowest BCUT2D eigenvalue weighted by Gasteiger charge is -2.48. The summed E-state index contributed by atoms with van der Waals surface area (Å²) < 4.78 is 37.2. The molecule has 8 unspecified atom stereocenters. The van der Waals surface area contributed by atoms with Crippen molar-refractivity contribution in [2.24, 2.45) is 0 Å². The normalized spacial score (nSPS) is 51.9. The third-order valence-electron chi connectivity index (χ3n) is 8.17. The van der Waals surface area contributed by atoms with Gasteiger partial charge in [-0.25, -0.2) is 4.79 Å². The molecule has 46 heavy (non-hydrogen) atoms. The molecule has 0 aromatic heterocycles. The molecule has 0 amide bonds. The van der Waals surface area contributed by atoms with E-state index in [0.29, 0.717) is 0 Å². The Bertz CT molecular complexity index is 986. The maximum atomic E-state index is 11.4. The van der Waals surface area contributed by atoms with E-state index in [9.17, 15) is 76.3 Å². The van der Waals surface area contributed by atoms with Crippen LogP contribution in [0, 0.1) is 0 Å². The second-order valence-electron chi connectivity index (χ2n) is 11.2. The van der Waals surface area contributed by atoms with Crippen LogP contribution in [0.2, 0.25) is 0 Å². The molecular formula is C24H40O22. The van der Waals surface area contributed by atoms with E-state index in [2.05, 4.69) is 0 Å². The standard InChI is InChI=1S/C24H40O22/c25-1-4-16(9(30)12(33)21(39)40-4)43-22-14(35)10(31)17(5(2-26)41-22)44-23-15(36)11(32)18(6(3-27)42-23)45-24-13(34)7(28)8(29)19(46-24)20(37)38/h4-19,21-36,39H,1-3H2,(H,37,38)/t4?,5?,6?,7-,8-,9+,10+,11+,12?,13?,14?,15?,16-,17+,18+,19?,21-,22+,23-,24+/m0/s1. The number of carbonyl (C=O) groups is 1. The lowest BCUT2D eigenvalue weighted by Crippen LogP contribution is -2.67. The molecule has 22 nitrogen and oxygen atoms in total. The van der Waals surface area contributed by atoms with E-state index in [1.54, 1.807) is 0 Å². The Morgan fingerprint density at radius 3 is 1.20 bits per heavy atom. The Kier molecular flexibility index (Phi) is 12.6. The van der Waals surface area contributed by atoms with Crippen molar-refractivity contribution in [3.05, 3.63) is 0 Å². The van der Waals surface area contributed by atoms with Gasteiger partial charge in [0.1, 0.15) is 91.6 Å². The molecule has 14 N–H and O–H groups in total. The molecule has 4 aliphatic rings. The maximum Gasteiger partial charge on any atom is 0.335 e. The van der Waals surface area contributed by atoms with Crippen LogP contribution >= 0.6 is 0 Å². The monoisotopic (exact) mass is 680 g/mol. The van der Waals surface area contributed by atoms with Crippen molar-refractivity contribution in [1.82, 2.24) is 0 Å². The van der Waals surface area contributed by atoms with Gasteiger partial charge in [0.25, 0.3) is 0 Å². The van der Waals surface area contributed by atoms with E-state index in [1.165, 1.54) is 0 Å². The molecule has 0 aromatic rings. The first-order valence-corrected chi connectivity index (χ1v) is 14.1. The Hall–Kier alpha value is -1.33. The summed E-state index contributed by atoms with van der Waals surface area (Å²) in [5.41, 5.74) is 0. The van der Waals surface area contributed by atoms with E-state index >= 15 is 0 Å². The summed E-state index contributed by atoms with van der Waals surface area (Å²) in [6.45, 7) is -2.72. The Morgan fingerprint density at radius 2 is 0.804 bits per heavy atom. The minimum atomic E-state index is -2.09. The fourth-order valence-corrected chi connectivity index (χ4v) is 5.53. The van der Waals surface area contributed by atoms with Crippen molar-refractivity contribution in [3.8, 4) is 0 Å². The Labute approximate surface area is 258 Å². The van der Waals surface area contributed by atoms with Gasteiger partial charge >= 0.3 is 5.97 Å². The number of rotatable bonds is 10. The van der Waals surface area contributed by atoms with E-state index in [0.717, 1.165) is 0 Å². The number of hydrogen-bond donors (Lipinski definition) is 14. The van der Waals surface area contributed by atoms with Crippen molar-refractivity contribution in [3.63, 3.8) is 0 Å². The van der Waals surface area contributed by atoms with Crippen molar-refractivity contribution >= 4 is 5.97 Å². The number of aliphatic hydroxyl groups is 13. The number of carboxylic acids is 1. The molecule has 4 saturated heterocycles. The van der Waals surface area contributed by atoms with E-state index < -0.39 is 149 Å². The van der Waals surface area contributed by atoms with Gasteiger partial charge in [-0.3, -0.25) is 0 Å². The van der Waals surface area contributed by atoms with Crippen molar-refractivity contribution in [1.29, 1.82) is 0 Å². The minimum Gasteiger partial charge on any atom is -0.479 e. The summed E-state index contributed by atoms with van der Waals surface area (Å²) >= 11 is 0. The molecule has 0 aromatic carbocycles. The Balaban J connectivity index is 1.44. The highest BCUT2D eigenvalue weighted by Gasteiger charge is 2.55. The largest absolute Gasteiger partial charge is 0.479 e. The first kappa shape index (κ1) is 37.5. The number of aliphatic carboxylic acids is 1. The Morgan fingerprint density at radius 1 is 0.457 bits per heavy atom. The van der Waals surface area contributed by atoms with Crippen LogP contribution in [0.4, 0.5) is 0 Å². The fourth-order valence-electron chi connectivity index (χ4n) is 5.53. The molecule has 0 spiro atoms. The van der Waals surface area contributed by atoms with E-state index in [4.69, 9.17) is 33.2 Å². The smallest absolute Gasteiger partial charge is 0.335 e. The van der Waals surface area contributed by atoms with Crippen LogP contribution in [0.3, 0.4) is 0 Å². The summed E-state index contributed by atoms with van der Waals surface area (Å²) in [7, 11) is 0. The van der Waals surface area contributed by atoms with Crippen LogP contribution in [-0.4, -0.2) is 220 Å².